The number of hydrogen-bond acceptors (Lipinski definition) is 16. The first-order valence-corrected chi connectivity index (χ1v) is 29.9. The summed E-state index contributed by atoms with van der Waals surface area (Å²) in [6.07, 6.45) is 11.3. The largest absolute Gasteiger partial charge is 0.507 e. The fourth-order valence-corrected chi connectivity index (χ4v) is 13.6. The highest BCUT2D eigenvalue weighted by Crippen LogP contribution is 2.38. The number of rotatable bonds is 16. The number of aliphatic hydroxyl groups is 1. The van der Waals surface area contributed by atoms with Crippen LogP contribution >= 0.6 is 11.3 Å². The average molecular weight is 1100 g/mol. The number of piperidine rings is 3. The van der Waals surface area contributed by atoms with Gasteiger partial charge in [0.1, 0.15) is 17.7 Å². The van der Waals surface area contributed by atoms with Crippen molar-refractivity contribution in [3.63, 3.8) is 0 Å². The second kappa shape index (κ2) is 24.4. The molecule has 0 bridgehead atoms. The van der Waals surface area contributed by atoms with Gasteiger partial charge in [-0.15, -0.1) is 21.5 Å². The molecule has 3 aromatic heterocycles. The molecule has 5 N–H and O–H groups in total. The molecule has 0 radical (unpaired) electrons. The molecule has 2 amide bonds. The number of carbonyl (C=O) groups excluding carboxylic acids is 2. The molecule has 6 aliphatic rings. The first-order valence-electron chi connectivity index (χ1n) is 29.0. The molecule has 2 aliphatic carbocycles. The smallest absolute Gasteiger partial charge is 0.243 e. The van der Waals surface area contributed by atoms with E-state index in [4.69, 9.17) is 19.7 Å². The lowest BCUT2D eigenvalue weighted by molar-refractivity contribution is -0.141. The number of amides is 2. The monoisotopic (exact) mass is 1090 g/mol. The maximum atomic E-state index is 14.4. The fourth-order valence-electron chi connectivity index (χ4n) is 12.8. The van der Waals surface area contributed by atoms with Gasteiger partial charge in [0.2, 0.25) is 11.8 Å². The maximum absolute atomic E-state index is 14.4. The van der Waals surface area contributed by atoms with E-state index >= 15 is 0 Å². The lowest BCUT2D eigenvalue weighted by atomic mass is 9.82. The Morgan fingerprint density at radius 1 is 0.861 bits per heavy atom. The van der Waals surface area contributed by atoms with Crippen LogP contribution in [0.3, 0.4) is 0 Å². The number of anilines is 2. The van der Waals surface area contributed by atoms with Crippen molar-refractivity contribution in [2.75, 3.05) is 63.0 Å². The molecule has 6 fully saturated rings. The van der Waals surface area contributed by atoms with Crippen LogP contribution in [0, 0.1) is 36.5 Å². The van der Waals surface area contributed by atoms with Crippen molar-refractivity contribution in [1.29, 1.82) is 0 Å². The standard InChI is InChI=1S/C61H78N10O7S/c1-37(2)57(61(75)71-35-46(72)32-53(71)60(74)64-38(3)42-11-13-43(14-12-42)58-39(4)63-36-79-58)55-33-56(67-78-55)70-23-15-40(16-24-70)34-68-21-17-47(18-22-68)77-50-30-45(31-50)69-25-19-48(20-26-69)76-49-27-41(28-49)9-10-44-29-52(65-66-59(44)62)51-7-5-6-8-54(51)73/h5-8,11-14,29,33,36-38,40-41,45-50,53,57,72-73H,15-28,30-32,34-35H2,1-4H3,(H2,62,66)(H,64,74)/t38-,41?,45?,46+,49?,50?,53-,57+/m0/s1. The number of phenols is 1. The number of nitrogens with two attached hydrogens (primary N) is 1. The summed E-state index contributed by atoms with van der Waals surface area (Å²) in [6, 6.07) is 18.4. The highest BCUT2D eigenvalue weighted by atomic mass is 32.1. The Morgan fingerprint density at radius 2 is 1.56 bits per heavy atom. The normalized spacial score (nSPS) is 25.3. The van der Waals surface area contributed by atoms with Gasteiger partial charge < -0.3 is 50.0 Å². The summed E-state index contributed by atoms with van der Waals surface area (Å²) >= 11 is 1.60. The van der Waals surface area contributed by atoms with Crippen molar-refractivity contribution in [2.45, 2.75) is 153 Å². The van der Waals surface area contributed by atoms with Gasteiger partial charge in [0.05, 0.1) is 63.9 Å². The lowest BCUT2D eigenvalue weighted by Crippen LogP contribution is -2.53. The number of aryl methyl sites for hydroxylation is 1. The zero-order chi connectivity index (χ0) is 54.7. The Morgan fingerprint density at radius 3 is 2.24 bits per heavy atom. The predicted molar refractivity (Wildman–Crippen MR) is 304 cm³/mol. The number of ether oxygens (including phenoxy) is 2. The Labute approximate surface area is 468 Å². The first kappa shape index (κ1) is 55.0. The van der Waals surface area contributed by atoms with Crippen LogP contribution < -0.4 is 16.0 Å². The summed E-state index contributed by atoms with van der Waals surface area (Å²) in [7, 11) is 0. The molecule has 7 heterocycles. The van der Waals surface area contributed by atoms with Gasteiger partial charge in [0, 0.05) is 82.4 Å². The minimum Gasteiger partial charge on any atom is -0.507 e. The molecule has 420 valence electrons. The quantitative estimate of drug-likeness (QED) is 0.0691. The third kappa shape index (κ3) is 12.8. The molecular formula is C61H78N10O7S. The molecule has 79 heavy (non-hydrogen) atoms. The van der Waals surface area contributed by atoms with Gasteiger partial charge in [0.15, 0.2) is 17.4 Å². The predicted octanol–water partition coefficient (Wildman–Crippen LogP) is 7.97. The summed E-state index contributed by atoms with van der Waals surface area (Å²) in [5.74, 6) is 7.88. The van der Waals surface area contributed by atoms with Crippen molar-refractivity contribution < 1.29 is 33.8 Å². The second-order valence-electron chi connectivity index (χ2n) is 23.6. The molecule has 0 spiro atoms. The van der Waals surface area contributed by atoms with Crippen LogP contribution in [0.1, 0.15) is 126 Å². The second-order valence-corrected chi connectivity index (χ2v) is 24.5. The number of aromatic hydroxyl groups is 1. The van der Waals surface area contributed by atoms with Crippen molar-refractivity contribution in [1.82, 2.24) is 40.4 Å². The van der Waals surface area contributed by atoms with E-state index in [1.165, 1.54) is 0 Å². The fraction of sp³-hybridized carbons (Fsp3) is 0.574. The van der Waals surface area contributed by atoms with Crippen molar-refractivity contribution in [3.05, 3.63) is 88.8 Å². The van der Waals surface area contributed by atoms with E-state index in [1.807, 2.05) is 69.6 Å². The van der Waals surface area contributed by atoms with Gasteiger partial charge in [0.25, 0.3) is 0 Å². The Balaban J connectivity index is 0.563. The number of likely N-dealkylation sites (tertiary alicyclic amines) is 3. The maximum Gasteiger partial charge on any atom is 0.243 e. The molecule has 4 atom stereocenters. The molecule has 4 saturated heterocycles. The van der Waals surface area contributed by atoms with E-state index in [-0.39, 0.29) is 54.5 Å². The molecule has 0 unspecified atom stereocenters. The van der Waals surface area contributed by atoms with E-state index in [2.05, 4.69) is 52.2 Å². The van der Waals surface area contributed by atoms with Crippen LogP contribution in [0.5, 0.6) is 5.75 Å². The number of aliphatic hydroxyl groups excluding tert-OH is 1. The van der Waals surface area contributed by atoms with E-state index in [9.17, 15) is 19.8 Å². The van der Waals surface area contributed by atoms with E-state index in [0.717, 1.165) is 138 Å². The number of nitrogens with zero attached hydrogens (tertiary/aromatic N) is 8. The number of thiazole rings is 1. The van der Waals surface area contributed by atoms with Crippen LogP contribution in [0.25, 0.3) is 21.7 Å². The summed E-state index contributed by atoms with van der Waals surface area (Å²) in [5, 5.41) is 36.9. The molecule has 4 aliphatic heterocycles. The van der Waals surface area contributed by atoms with Gasteiger partial charge in [-0.3, -0.25) is 14.5 Å². The summed E-state index contributed by atoms with van der Waals surface area (Å²) in [5.41, 5.74) is 12.8. The highest BCUT2D eigenvalue weighted by Gasteiger charge is 2.44. The van der Waals surface area contributed by atoms with Crippen molar-refractivity contribution in [2.24, 2.45) is 17.8 Å². The van der Waals surface area contributed by atoms with E-state index in [0.29, 0.717) is 58.7 Å². The number of carbonyl (C=O) groups is 2. The molecule has 18 heteroatoms. The molecule has 11 rings (SSSR count). The SMILES string of the molecule is Cc1ncsc1-c1ccc([C@H](C)NC(=O)[C@@H]2C[C@@H](O)CN2C(=O)[C@@H](c2cc(N3CCC(CN4CCC(OC5CC(N6CCC(OC7CC(C#Cc8cc(-c9ccccc9O)nnc8N)C7)CC6)C5)CC4)CC3)no2)C(C)C)cc1. The third-order valence-electron chi connectivity index (χ3n) is 17.7. The van der Waals surface area contributed by atoms with Gasteiger partial charge in [-0.2, -0.15) is 0 Å². The third-order valence-corrected chi connectivity index (χ3v) is 18.7. The zero-order valence-corrected chi connectivity index (χ0v) is 47.0. The minimum atomic E-state index is -0.796. The van der Waals surface area contributed by atoms with E-state index < -0.39 is 18.1 Å². The number of hydrogen-bond donors (Lipinski definition) is 4. The number of β-amino-alcohol motifs (C(OH)–C–C–N with tert-alkyl or cyclic N) is 1. The Hall–Kier alpha value is -5.94. The first-order chi connectivity index (χ1) is 38.3. The van der Waals surface area contributed by atoms with Gasteiger partial charge in [-0.05, 0) is 119 Å². The number of benzene rings is 2. The number of phenolic OH excluding ortho intramolecular Hbond substituents is 1. The number of aromatic nitrogens is 4. The van der Waals surface area contributed by atoms with Crippen LogP contribution in [0.15, 0.2) is 70.7 Å². The summed E-state index contributed by atoms with van der Waals surface area (Å²) < 4.78 is 19.2. The topological polar surface area (TPSA) is 209 Å². The Kier molecular flexibility index (Phi) is 17.0. The van der Waals surface area contributed by atoms with E-state index in [1.54, 1.807) is 40.5 Å². The van der Waals surface area contributed by atoms with Gasteiger partial charge in [-0.25, -0.2) is 4.98 Å². The average Bonchev–Trinajstić information content (AvgIpc) is 4.23. The highest BCUT2D eigenvalue weighted by molar-refractivity contribution is 7.13. The van der Waals surface area contributed by atoms with Crippen molar-refractivity contribution >= 4 is 34.8 Å². The van der Waals surface area contributed by atoms with Crippen molar-refractivity contribution in [3.8, 4) is 39.3 Å². The van der Waals surface area contributed by atoms with Crippen LogP contribution in [-0.4, -0.2) is 152 Å². The Bertz CT molecular complexity index is 2940. The molecule has 2 saturated carbocycles. The number of para-hydroxylation sites is 1. The zero-order valence-electron chi connectivity index (χ0n) is 46.2. The van der Waals surface area contributed by atoms with Crippen LogP contribution in [0.4, 0.5) is 11.6 Å². The van der Waals surface area contributed by atoms with Crippen LogP contribution in [0.2, 0.25) is 0 Å². The summed E-state index contributed by atoms with van der Waals surface area (Å²) in [4.78, 5) is 42.8. The van der Waals surface area contributed by atoms with Gasteiger partial charge >= 0.3 is 0 Å². The van der Waals surface area contributed by atoms with Crippen LogP contribution in [-0.2, 0) is 19.1 Å². The molecule has 5 aromatic rings. The number of nitrogens with one attached hydrogen (secondary N) is 1. The summed E-state index contributed by atoms with van der Waals surface area (Å²) in [6.45, 7) is 15.2. The molecular weight excluding hydrogens is 1020 g/mol. The minimum absolute atomic E-state index is 0.0916. The number of nitrogen functional groups attached to an aromatic ring is 1. The van der Waals surface area contributed by atoms with Gasteiger partial charge in [-0.1, -0.05) is 67.2 Å². The lowest BCUT2D eigenvalue weighted by Gasteiger charge is -2.47. The molecule has 2 aromatic carbocycles. The molecule has 17 nitrogen and oxygen atoms in total.